The summed E-state index contributed by atoms with van der Waals surface area (Å²) in [5.74, 6) is 0.175. The average Bonchev–Trinajstić information content (AvgIpc) is 2.66. The van der Waals surface area contributed by atoms with Gasteiger partial charge in [0.25, 0.3) is 0 Å². The maximum atomic E-state index is 11.0. The summed E-state index contributed by atoms with van der Waals surface area (Å²) in [6, 6.07) is 2.98. The minimum absolute atomic E-state index is 0.154. The van der Waals surface area contributed by atoms with Gasteiger partial charge in [-0.15, -0.1) is 0 Å². The molecule has 0 unspecified atom stereocenters. The van der Waals surface area contributed by atoms with Gasteiger partial charge in [-0.25, -0.2) is 9.78 Å². The highest BCUT2D eigenvalue weighted by Crippen LogP contribution is 2.16. The van der Waals surface area contributed by atoms with Gasteiger partial charge in [-0.1, -0.05) is 13.8 Å². The number of carboxylic acid groups (broad SMARTS) is 1. The summed E-state index contributed by atoms with van der Waals surface area (Å²) in [6.45, 7) is 4.13. The van der Waals surface area contributed by atoms with Crippen LogP contribution in [0, 0.1) is 5.92 Å². The van der Waals surface area contributed by atoms with E-state index in [9.17, 15) is 9.59 Å². The van der Waals surface area contributed by atoms with Crippen LogP contribution in [0.4, 0.5) is 0 Å². The topological polar surface area (TPSA) is 71.7 Å². The van der Waals surface area contributed by atoms with Crippen molar-refractivity contribution in [1.82, 2.24) is 9.38 Å². The number of rotatable bonds is 4. The number of aromatic carboxylic acids is 1. The Labute approximate surface area is 104 Å². The average molecular weight is 246 g/mol. The smallest absolute Gasteiger partial charge is 0.335 e. The second-order valence-electron chi connectivity index (χ2n) is 4.60. The van der Waals surface area contributed by atoms with Gasteiger partial charge in [-0.2, -0.15) is 0 Å². The first-order valence-electron chi connectivity index (χ1n) is 5.72. The van der Waals surface area contributed by atoms with E-state index in [1.54, 1.807) is 10.6 Å². The number of hydrogen-bond donors (Lipinski definition) is 1. The second kappa shape index (κ2) is 4.60. The molecule has 94 valence electrons. The van der Waals surface area contributed by atoms with Gasteiger partial charge in [0.05, 0.1) is 11.1 Å². The number of aldehydes is 1. The molecule has 2 rings (SSSR count). The number of carboxylic acids is 1. The number of hydrogen-bond acceptors (Lipinski definition) is 3. The summed E-state index contributed by atoms with van der Waals surface area (Å²) < 4.78 is 1.77. The quantitative estimate of drug-likeness (QED) is 0.838. The van der Waals surface area contributed by atoms with Crippen LogP contribution in [0.3, 0.4) is 0 Å². The molecule has 2 aromatic rings. The Kier molecular flexibility index (Phi) is 3.14. The Balaban J connectivity index is 2.63. The first-order chi connectivity index (χ1) is 8.52. The first-order valence-corrected chi connectivity index (χ1v) is 5.72. The van der Waals surface area contributed by atoms with Crippen molar-refractivity contribution in [3.63, 3.8) is 0 Å². The highest BCUT2D eigenvalue weighted by molar-refractivity contribution is 5.92. The molecule has 0 aliphatic carbocycles. The lowest BCUT2D eigenvalue weighted by Crippen LogP contribution is -2.02. The molecule has 0 bridgehead atoms. The molecule has 18 heavy (non-hydrogen) atoms. The normalized spacial score (nSPS) is 11.1. The van der Waals surface area contributed by atoms with Gasteiger partial charge in [0.1, 0.15) is 11.5 Å². The Bertz CT molecular complexity index is 614. The van der Waals surface area contributed by atoms with Crippen molar-refractivity contribution in [2.45, 2.75) is 20.3 Å². The van der Waals surface area contributed by atoms with Gasteiger partial charge in [0.2, 0.25) is 0 Å². The fraction of sp³-hybridized carbons (Fsp3) is 0.308. The van der Waals surface area contributed by atoms with Crippen molar-refractivity contribution in [2.24, 2.45) is 5.92 Å². The molecule has 0 saturated carbocycles. The van der Waals surface area contributed by atoms with Crippen LogP contribution in [0.25, 0.3) is 5.52 Å². The number of aromatic nitrogens is 2. The third-order valence-electron chi connectivity index (χ3n) is 2.69. The van der Waals surface area contributed by atoms with Gasteiger partial charge in [-0.3, -0.25) is 4.79 Å². The molecular weight excluding hydrogens is 232 g/mol. The summed E-state index contributed by atoms with van der Waals surface area (Å²) in [4.78, 5) is 26.1. The summed E-state index contributed by atoms with van der Waals surface area (Å²) >= 11 is 0. The van der Waals surface area contributed by atoms with Crippen LogP contribution in [0.2, 0.25) is 0 Å². The van der Waals surface area contributed by atoms with E-state index in [2.05, 4.69) is 18.8 Å². The monoisotopic (exact) mass is 246 g/mol. The van der Waals surface area contributed by atoms with Gasteiger partial charge in [-0.05, 0) is 18.1 Å². The van der Waals surface area contributed by atoms with Gasteiger partial charge in [0, 0.05) is 12.6 Å². The van der Waals surface area contributed by atoms with Crippen LogP contribution < -0.4 is 0 Å². The maximum absolute atomic E-state index is 11.0. The second-order valence-corrected chi connectivity index (χ2v) is 4.60. The van der Waals surface area contributed by atoms with E-state index in [0.29, 0.717) is 17.7 Å². The standard InChI is InChI=1S/C13H14N2O3/c1-8(2)5-12-14-10(7-16)11-6-9(13(17)18)3-4-15(11)12/h3-4,6-8H,5H2,1-2H3,(H,17,18). The zero-order valence-corrected chi connectivity index (χ0v) is 10.3. The van der Waals surface area contributed by atoms with E-state index in [-0.39, 0.29) is 11.3 Å². The van der Waals surface area contributed by atoms with E-state index in [1.165, 1.54) is 12.1 Å². The summed E-state index contributed by atoms with van der Waals surface area (Å²) in [7, 11) is 0. The molecule has 0 aliphatic heterocycles. The lowest BCUT2D eigenvalue weighted by molar-refractivity contribution is 0.0696. The lowest BCUT2D eigenvalue weighted by Gasteiger charge is -2.04. The fourth-order valence-electron chi connectivity index (χ4n) is 1.90. The summed E-state index contributed by atoms with van der Waals surface area (Å²) in [6.07, 6.45) is 3.04. The first kappa shape index (κ1) is 12.3. The molecule has 0 saturated heterocycles. The highest BCUT2D eigenvalue weighted by atomic mass is 16.4. The number of carbonyl (C=O) groups excluding carboxylic acids is 1. The molecule has 0 aromatic carbocycles. The van der Waals surface area contributed by atoms with Crippen molar-refractivity contribution in [1.29, 1.82) is 0 Å². The van der Waals surface area contributed by atoms with Crippen molar-refractivity contribution in [3.8, 4) is 0 Å². The maximum Gasteiger partial charge on any atom is 0.335 e. The predicted molar refractivity (Wildman–Crippen MR) is 66.1 cm³/mol. The molecule has 0 fully saturated rings. The number of carbonyl (C=O) groups is 2. The van der Waals surface area contributed by atoms with Crippen molar-refractivity contribution >= 4 is 17.8 Å². The minimum atomic E-state index is -1.01. The van der Waals surface area contributed by atoms with E-state index in [4.69, 9.17) is 5.11 Å². The largest absolute Gasteiger partial charge is 0.478 e. The van der Waals surface area contributed by atoms with Crippen LogP contribution in [0.15, 0.2) is 18.3 Å². The number of pyridine rings is 1. The third-order valence-corrected chi connectivity index (χ3v) is 2.69. The Hall–Kier alpha value is -2.17. The zero-order valence-electron chi connectivity index (χ0n) is 10.3. The van der Waals surface area contributed by atoms with Gasteiger partial charge in [0.15, 0.2) is 6.29 Å². The minimum Gasteiger partial charge on any atom is -0.478 e. The number of fused-ring (bicyclic) bond motifs is 1. The molecule has 2 heterocycles. The molecule has 0 atom stereocenters. The predicted octanol–water partition coefficient (Wildman–Crippen LogP) is 2.04. The Morgan fingerprint density at radius 2 is 2.28 bits per heavy atom. The molecule has 0 spiro atoms. The molecule has 2 aromatic heterocycles. The van der Waals surface area contributed by atoms with Crippen molar-refractivity contribution < 1.29 is 14.7 Å². The van der Waals surface area contributed by atoms with E-state index in [1.807, 2.05) is 0 Å². The van der Waals surface area contributed by atoms with Crippen LogP contribution in [0.5, 0.6) is 0 Å². The molecule has 1 N–H and O–H groups in total. The molecular formula is C13H14N2O3. The van der Waals surface area contributed by atoms with E-state index < -0.39 is 5.97 Å². The summed E-state index contributed by atoms with van der Waals surface area (Å²) in [5.41, 5.74) is 0.982. The number of imidazole rings is 1. The van der Waals surface area contributed by atoms with E-state index >= 15 is 0 Å². The lowest BCUT2D eigenvalue weighted by atomic mass is 10.1. The van der Waals surface area contributed by atoms with Crippen molar-refractivity contribution in [3.05, 3.63) is 35.4 Å². The SMILES string of the molecule is CC(C)Cc1nc(C=O)c2cc(C(=O)O)ccn12. The molecule has 0 amide bonds. The molecule has 0 radical (unpaired) electrons. The highest BCUT2D eigenvalue weighted by Gasteiger charge is 2.13. The van der Waals surface area contributed by atoms with Crippen LogP contribution in [-0.4, -0.2) is 26.7 Å². The number of nitrogens with zero attached hydrogens (tertiary/aromatic N) is 2. The van der Waals surface area contributed by atoms with E-state index in [0.717, 1.165) is 12.2 Å². The molecule has 0 aliphatic rings. The Morgan fingerprint density at radius 1 is 1.56 bits per heavy atom. The third kappa shape index (κ3) is 2.11. The zero-order chi connectivity index (χ0) is 13.3. The molecule has 5 nitrogen and oxygen atoms in total. The molecule has 5 heteroatoms. The van der Waals surface area contributed by atoms with Gasteiger partial charge >= 0.3 is 5.97 Å². The van der Waals surface area contributed by atoms with Gasteiger partial charge < -0.3 is 9.51 Å². The van der Waals surface area contributed by atoms with Crippen LogP contribution in [0.1, 0.15) is 40.5 Å². The van der Waals surface area contributed by atoms with Crippen LogP contribution >= 0.6 is 0 Å². The fourth-order valence-corrected chi connectivity index (χ4v) is 1.90. The Morgan fingerprint density at radius 3 is 2.83 bits per heavy atom. The van der Waals surface area contributed by atoms with Crippen molar-refractivity contribution in [2.75, 3.05) is 0 Å². The van der Waals surface area contributed by atoms with Crippen LogP contribution in [-0.2, 0) is 6.42 Å². The summed E-state index contributed by atoms with van der Waals surface area (Å²) in [5, 5.41) is 8.94.